The van der Waals surface area contributed by atoms with Crippen LogP contribution in [0.3, 0.4) is 0 Å². The summed E-state index contributed by atoms with van der Waals surface area (Å²) in [6, 6.07) is -1.05. The molecule has 0 aromatic carbocycles. The van der Waals surface area contributed by atoms with E-state index in [2.05, 4.69) is 5.32 Å². The number of rotatable bonds is 3. The van der Waals surface area contributed by atoms with E-state index in [0.29, 0.717) is 12.8 Å². The number of ether oxygens (including phenoxy) is 2. The number of nitrogens with two attached hydrogens (primary N) is 1. The van der Waals surface area contributed by atoms with Crippen LogP contribution in [0, 0.1) is 0 Å². The van der Waals surface area contributed by atoms with Gasteiger partial charge in [-0.15, -0.1) is 0 Å². The lowest BCUT2D eigenvalue weighted by molar-refractivity contribution is -0.124. The Kier molecular flexibility index (Phi) is 6.23. The van der Waals surface area contributed by atoms with Crippen molar-refractivity contribution in [2.45, 2.75) is 71.2 Å². The number of hydrogen-bond acceptors (Lipinski definition) is 5. The Morgan fingerprint density at radius 1 is 1.22 bits per heavy atom. The number of nitrogens with zero attached hydrogens (tertiary/aromatic N) is 1. The predicted octanol–water partition coefficient (Wildman–Crippen LogP) is 1.37. The van der Waals surface area contributed by atoms with Gasteiger partial charge < -0.3 is 20.5 Å². The normalized spacial score (nSPS) is 21.7. The number of hydrogen-bond donors (Lipinski definition) is 2. The molecule has 1 heterocycles. The van der Waals surface area contributed by atoms with Crippen molar-refractivity contribution in [2.24, 2.45) is 5.73 Å². The highest BCUT2D eigenvalue weighted by Gasteiger charge is 2.37. The molecule has 8 nitrogen and oxygen atoms in total. The first kappa shape index (κ1) is 19.1. The van der Waals surface area contributed by atoms with Crippen LogP contribution in [0.15, 0.2) is 0 Å². The highest BCUT2D eigenvalue weighted by atomic mass is 16.6. The lowest BCUT2D eigenvalue weighted by Gasteiger charge is -2.38. The number of nitrogens with one attached hydrogen (secondary N) is 1. The van der Waals surface area contributed by atoms with E-state index in [0.717, 1.165) is 0 Å². The SMILES string of the molecule is CC(C)OC(=O)NC1CCC(C(N)=O)N(C(=O)OC(C)(C)C)C1. The fraction of sp³-hybridized carbons (Fsp3) is 0.800. The summed E-state index contributed by atoms with van der Waals surface area (Å²) in [5.74, 6) is -0.584. The number of piperidine rings is 1. The van der Waals surface area contributed by atoms with Crippen molar-refractivity contribution >= 4 is 18.1 Å². The number of amides is 3. The van der Waals surface area contributed by atoms with Gasteiger partial charge in [-0.3, -0.25) is 9.69 Å². The topological polar surface area (TPSA) is 111 Å². The Morgan fingerprint density at radius 3 is 2.30 bits per heavy atom. The van der Waals surface area contributed by atoms with Crippen molar-refractivity contribution in [3.05, 3.63) is 0 Å². The average molecular weight is 329 g/mol. The van der Waals surface area contributed by atoms with E-state index in [4.69, 9.17) is 15.2 Å². The summed E-state index contributed by atoms with van der Waals surface area (Å²) in [6.07, 6.45) is -0.517. The fourth-order valence-corrected chi connectivity index (χ4v) is 2.32. The van der Waals surface area contributed by atoms with Gasteiger partial charge in [0.2, 0.25) is 5.91 Å². The van der Waals surface area contributed by atoms with Gasteiger partial charge in [0.15, 0.2) is 0 Å². The molecule has 23 heavy (non-hydrogen) atoms. The van der Waals surface area contributed by atoms with E-state index in [1.807, 2.05) is 0 Å². The van der Waals surface area contributed by atoms with Crippen LogP contribution in [0.5, 0.6) is 0 Å². The number of primary amides is 1. The molecule has 0 saturated carbocycles. The Labute approximate surface area is 136 Å². The van der Waals surface area contributed by atoms with Crippen molar-refractivity contribution in [3.63, 3.8) is 0 Å². The molecule has 0 radical (unpaired) electrons. The molecule has 0 aromatic heterocycles. The molecule has 0 aliphatic carbocycles. The van der Waals surface area contributed by atoms with Crippen molar-refractivity contribution in [1.82, 2.24) is 10.2 Å². The summed E-state index contributed by atoms with van der Waals surface area (Å²) in [6.45, 7) is 8.86. The summed E-state index contributed by atoms with van der Waals surface area (Å²) in [5.41, 5.74) is 4.69. The lowest BCUT2D eigenvalue weighted by atomic mass is 9.98. The molecule has 132 valence electrons. The number of carbonyl (C=O) groups excluding carboxylic acids is 3. The van der Waals surface area contributed by atoms with Gasteiger partial charge in [-0.25, -0.2) is 9.59 Å². The zero-order valence-corrected chi connectivity index (χ0v) is 14.4. The number of alkyl carbamates (subject to hydrolysis) is 1. The molecule has 1 rings (SSSR count). The van der Waals surface area contributed by atoms with Gasteiger partial charge in [-0.1, -0.05) is 0 Å². The van der Waals surface area contributed by atoms with Gasteiger partial charge in [0, 0.05) is 6.54 Å². The van der Waals surface area contributed by atoms with Gasteiger partial charge in [0.1, 0.15) is 11.6 Å². The minimum absolute atomic E-state index is 0.149. The maximum atomic E-state index is 12.3. The van der Waals surface area contributed by atoms with Crippen molar-refractivity contribution in [2.75, 3.05) is 6.54 Å². The quantitative estimate of drug-likeness (QED) is 0.812. The predicted molar refractivity (Wildman–Crippen MR) is 83.7 cm³/mol. The van der Waals surface area contributed by atoms with E-state index in [-0.39, 0.29) is 18.7 Å². The molecule has 3 amide bonds. The zero-order valence-electron chi connectivity index (χ0n) is 14.4. The first-order chi connectivity index (χ1) is 10.5. The molecule has 1 aliphatic heterocycles. The van der Waals surface area contributed by atoms with Crippen LogP contribution in [0.4, 0.5) is 9.59 Å². The van der Waals surface area contributed by atoms with Crippen LogP contribution >= 0.6 is 0 Å². The van der Waals surface area contributed by atoms with Crippen molar-refractivity contribution < 1.29 is 23.9 Å². The molecule has 1 fully saturated rings. The highest BCUT2D eigenvalue weighted by molar-refractivity contribution is 5.84. The third-order valence-electron chi connectivity index (χ3n) is 3.20. The largest absolute Gasteiger partial charge is 0.447 e. The Hall–Kier alpha value is -1.99. The van der Waals surface area contributed by atoms with E-state index < -0.39 is 29.7 Å². The second-order valence-electron chi connectivity index (χ2n) is 6.92. The maximum Gasteiger partial charge on any atom is 0.411 e. The molecule has 0 aromatic rings. The second kappa shape index (κ2) is 7.52. The molecule has 1 aliphatic rings. The van der Waals surface area contributed by atoms with E-state index >= 15 is 0 Å². The first-order valence-electron chi connectivity index (χ1n) is 7.75. The van der Waals surface area contributed by atoms with E-state index in [1.165, 1.54) is 4.90 Å². The van der Waals surface area contributed by atoms with Crippen LogP contribution < -0.4 is 11.1 Å². The Balaban J connectivity index is 2.75. The molecular weight excluding hydrogens is 302 g/mol. The molecule has 8 heteroatoms. The van der Waals surface area contributed by atoms with Crippen LogP contribution in [-0.4, -0.2) is 53.3 Å². The average Bonchev–Trinajstić information content (AvgIpc) is 2.35. The molecule has 2 atom stereocenters. The molecule has 0 bridgehead atoms. The zero-order chi connectivity index (χ0) is 17.8. The van der Waals surface area contributed by atoms with Crippen LogP contribution in [0.1, 0.15) is 47.5 Å². The minimum atomic E-state index is -0.732. The second-order valence-corrected chi connectivity index (χ2v) is 6.92. The molecular formula is C15H27N3O5. The lowest BCUT2D eigenvalue weighted by Crippen LogP contribution is -2.58. The van der Waals surface area contributed by atoms with Crippen LogP contribution in [0.2, 0.25) is 0 Å². The minimum Gasteiger partial charge on any atom is -0.447 e. The third-order valence-corrected chi connectivity index (χ3v) is 3.20. The third kappa shape index (κ3) is 6.33. The van der Waals surface area contributed by atoms with Gasteiger partial charge in [-0.2, -0.15) is 0 Å². The summed E-state index contributed by atoms with van der Waals surface area (Å²) in [7, 11) is 0. The van der Waals surface area contributed by atoms with Gasteiger partial charge in [0.05, 0.1) is 12.1 Å². The fourth-order valence-electron chi connectivity index (χ4n) is 2.32. The van der Waals surface area contributed by atoms with Crippen molar-refractivity contribution in [1.29, 1.82) is 0 Å². The standard InChI is InChI=1S/C15H27N3O5/c1-9(2)22-13(20)17-10-6-7-11(12(16)19)18(8-10)14(21)23-15(3,4)5/h9-11H,6-8H2,1-5H3,(H2,16,19)(H,17,20). The first-order valence-corrected chi connectivity index (χ1v) is 7.75. The maximum absolute atomic E-state index is 12.3. The summed E-state index contributed by atoms with van der Waals surface area (Å²) >= 11 is 0. The van der Waals surface area contributed by atoms with Gasteiger partial charge >= 0.3 is 12.2 Å². The molecule has 2 unspecified atom stereocenters. The molecule has 1 saturated heterocycles. The monoisotopic (exact) mass is 329 g/mol. The molecule has 3 N–H and O–H groups in total. The van der Waals surface area contributed by atoms with E-state index in [1.54, 1.807) is 34.6 Å². The summed E-state index contributed by atoms with van der Waals surface area (Å²) < 4.78 is 10.3. The van der Waals surface area contributed by atoms with E-state index in [9.17, 15) is 14.4 Å². The number of likely N-dealkylation sites (tertiary alicyclic amines) is 1. The Morgan fingerprint density at radius 2 is 1.83 bits per heavy atom. The molecule has 0 spiro atoms. The van der Waals surface area contributed by atoms with Crippen LogP contribution in [0.25, 0.3) is 0 Å². The Bertz CT molecular complexity index is 459. The smallest absolute Gasteiger partial charge is 0.411 e. The summed E-state index contributed by atoms with van der Waals surface area (Å²) in [4.78, 5) is 36.8. The van der Waals surface area contributed by atoms with Crippen molar-refractivity contribution in [3.8, 4) is 0 Å². The van der Waals surface area contributed by atoms with Gasteiger partial charge in [0.25, 0.3) is 0 Å². The summed E-state index contributed by atoms with van der Waals surface area (Å²) in [5, 5.41) is 2.69. The van der Waals surface area contributed by atoms with Crippen LogP contribution in [-0.2, 0) is 14.3 Å². The highest BCUT2D eigenvalue weighted by Crippen LogP contribution is 2.21. The van der Waals surface area contributed by atoms with Gasteiger partial charge in [-0.05, 0) is 47.5 Å². The number of carbonyl (C=O) groups is 3.